The van der Waals surface area contributed by atoms with Crippen LogP contribution in [0.3, 0.4) is 0 Å². The van der Waals surface area contributed by atoms with Crippen LogP contribution in [-0.4, -0.2) is 32.3 Å². The Hall–Kier alpha value is -1.26. The van der Waals surface area contributed by atoms with Gasteiger partial charge in [-0.15, -0.1) is 0 Å². The van der Waals surface area contributed by atoms with Crippen molar-refractivity contribution in [3.63, 3.8) is 0 Å². The number of nitrogens with two attached hydrogens (primary N) is 1. The average molecular weight is 264 g/mol. The SMILES string of the molecule is CC(C)C(CN)C(c1ccc2c(c1)OCO2)N(C)C. The van der Waals surface area contributed by atoms with E-state index in [1.54, 1.807) is 0 Å². The van der Waals surface area contributed by atoms with Crippen LogP contribution < -0.4 is 15.2 Å². The smallest absolute Gasteiger partial charge is 0.231 e. The third-order valence-electron chi connectivity index (χ3n) is 3.83. The zero-order valence-corrected chi connectivity index (χ0v) is 12.2. The number of rotatable bonds is 5. The molecule has 0 amide bonds. The topological polar surface area (TPSA) is 47.7 Å². The van der Waals surface area contributed by atoms with Gasteiger partial charge >= 0.3 is 0 Å². The zero-order valence-electron chi connectivity index (χ0n) is 12.2. The summed E-state index contributed by atoms with van der Waals surface area (Å²) in [4.78, 5) is 2.23. The predicted octanol–water partition coefficient (Wildman–Crippen LogP) is 2.25. The Balaban J connectivity index is 2.33. The van der Waals surface area contributed by atoms with Crippen molar-refractivity contribution in [2.75, 3.05) is 27.4 Å². The van der Waals surface area contributed by atoms with Gasteiger partial charge in [0.1, 0.15) is 0 Å². The van der Waals surface area contributed by atoms with Crippen LogP contribution in [0.1, 0.15) is 25.5 Å². The Labute approximate surface area is 115 Å². The van der Waals surface area contributed by atoms with Crippen LogP contribution in [0.2, 0.25) is 0 Å². The van der Waals surface area contributed by atoms with E-state index in [0.717, 1.165) is 11.5 Å². The lowest BCUT2D eigenvalue weighted by Gasteiger charge is -2.34. The Morgan fingerprint density at radius 3 is 2.47 bits per heavy atom. The summed E-state index contributed by atoms with van der Waals surface area (Å²) in [7, 11) is 4.20. The summed E-state index contributed by atoms with van der Waals surface area (Å²) in [5.41, 5.74) is 7.21. The molecule has 1 aromatic carbocycles. The second-order valence-electron chi connectivity index (χ2n) is 5.66. The van der Waals surface area contributed by atoms with Crippen molar-refractivity contribution in [2.24, 2.45) is 17.6 Å². The Bertz CT molecular complexity index is 432. The van der Waals surface area contributed by atoms with Crippen molar-refractivity contribution in [3.8, 4) is 11.5 Å². The quantitative estimate of drug-likeness (QED) is 0.886. The minimum absolute atomic E-state index is 0.291. The zero-order chi connectivity index (χ0) is 14.0. The maximum atomic E-state index is 5.98. The molecule has 2 unspecified atom stereocenters. The number of hydrogen-bond donors (Lipinski definition) is 1. The first-order valence-corrected chi connectivity index (χ1v) is 6.80. The molecule has 4 nitrogen and oxygen atoms in total. The summed E-state index contributed by atoms with van der Waals surface area (Å²) in [6.45, 7) is 5.44. The van der Waals surface area contributed by atoms with E-state index in [9.17, 15) is 0 Å². The molecule has 1 aliphatic rings. The van der Waals surface area contributed by atoms with Gasteiger partial charge in [0.2, 0.25) is 6.79 Å². The molecule has 0 spiro atoms. The van der Waals surface area contributed by atoms with Gasteiger partial charge in [-0.2, -0.15) is 0 Å². The third kappa shape index (κ3) is 2.85. The average Bonchev–Trinajstić information content (AvgIpc) is 2.81. The van der Waals surface area contributed by atoms with Crippen molar-refractivity contribution in [1.29, 1.82) is 0 Å². The molecule has 19 heavy (non-hydrogen) atoms. The minimum atomic E-state index is 0.291. The number of fused-ring (bicyclic) bond motifs is 1. The van der Waals surface area contributed by atoms with E-state index in [2.05, 4.69) is 45.0 Å². The number of nitrogens with zero attached hydrogens (tertiary/aromatic N) is 1. The number of ether oxygens (including phenoxy) is 2. The largest absolute Gasteiger partial charge is 0.454 e. The molecule has 4 heteroatoms. The molecule has 0 fully saturated rings. The van der Waals surface area contributed by atoms with Gasteiger partial charge in [0.25, 0.3) is 0 Å². The van der Waals surface area contributed by atoms with E-state index in [4.69, 9.17) is 15.2 Å². The van der Waals surface area contributed by atoms with Gasteiger partial charge in [0.05, 0.1) is 0 Å². The monoisotopic (exact) mass is 264 g/mol. The van der Waals surface area contributed by atoms with Crippen LogP contribution in [0, 0.1) is 11.8 Å². The van der Waals surface area contributed by atoms with Crippen LogP contribution in [0.25, 0.3) is 0 Å². The Morgan fingerprint density at radius 2 is 1.89 bits per heavy atom. The molecule has 106 valence electrons. The van der Waals surface area contributed by atoms with E-state index in [0.29, 0.717) is 31.2 Å². The fourth-order valence-corrected chi connectivity index (χ4v) is 2.79. The summed E-state index contributed by atoms with van der Waals surface area (Å²) >= 11 is 0. The minimum Gasteiger partial charge on any atom is -0.454 e. The number of hydrogen-bond acceptors (Lipinski definition) is 4. The number of benzene rings is 1. The molecule has 1 aromatic rings. The molecule has 2 N–H and O–H groups in total. The normalized spacial score (nSPS) is 17.0. The van der Waals surface area contributed by atoms with Crippen LogP contribution in [0.4, 0.5) is 0 Å². The molecule has 2 atom stereocenters. The van der Waals surface area contributed by atoms with Crippen LogP contribution >= 0.6 is 0 Å². The lowest BCUT2D eigenvalue weighted by molar-refractivity contribution is 0.171. The van der Waals surface area contributed by atoms with Gasteiger partial charge in [-0.1, -0.05) is 19.9 Å². The van der Waals surface area contributed by atoms with Gasteiger partial charge in [0, 0.05) is 6.04 Å². The molecular weight excluding hydrogens is 240 g/mol. The lowest BCUT2D eigenvalue weighted by Crippen LogP contribution is -2.35. The molecule has 0 saturated carbocycles. The molecule has 0 aromatic heterocycles. The highest BCUT2D eigenvalue weighted by Crippen LogP contribution is 2.38. The fourth-order valence-electron chi connectivity index (χ4n) is 2.79. The van der Waals surface area contributed by atoms with Gasteiger partial charge in [-0.05, 0) is 50.2 Å². The fraction of sp³-hybridized carbons (Fsp3) is 0.600. The van der Waals surface area contributed by atoms with Gasteiger partial charge in [-0.25, -0.2) is 0 Å². The third-order valence-corrected chi connectivity index (χ3v) is 3.83. The second kappa shape index (κ2) is 5.80. The first-order valence-electron chi connectivity index (χ1n) is 6.80. The van der Waals surface area contributed by atoms with E-state index in [-0.39, 0.29) is 0 Å². The van der Waals surface area contributed by atoms with Crippen LogP contribution in [0.15, 0.2) is 18.2 Å². The Morgan fingerprint density at radius 1 is 1.21 bits per heavy atom. The standard InChI is InChI=1S/C15H24N2O2/c1-10(2)12(8-16)15(17(3)4)11-5-6-13-14(7-11)19-9-18-13/h5-7,10,12,15H,8-9,16H2,1-4H3. The summed E-state index contributed by atoms with van der Waals surface area (Å²) in [5.74, 6) is 2.61. The molecule has 0 aliphatic carbocycles. The molecule has 1 heterocycles. The highest BCUT2D eigenvalue weighted by molar-refractivity contribution is 5.45. The molecular formula is C15H24N2O2. The van der Waals surface area contributed by atoms with Crippen LogP contribution in [0.5, 0.6) is 11.5 Å². The molecule has 1 aliphatic heterocycles. The predicted molar refractivity (Wildman–Crippen MR) is 76.4 cm³/mol. The molecule has 2 rings (SSSR count). The summed E-state index contributed by atoms with van der Waals surface area (Å²) in [6.07, 6.45) is 0. The first kappa shape index (κ1) is 14.2. The van der Waals surface area contributed by atoms with Gasteiger partial charge in [-0.3, -0.25) is 0 Å². The van der Waals surface area contributed by atoms with Crippen molar-refractivity contribution >= 4 is 0 Å². The summed E-state index contributed by atoms with van der Waals surface area (Å²) < 4.78 is 10.8. The maximum Gasteiger partial charge on any atom is 0.231 e. The molecule has 0 saturated heterocycles. The Kier molecular flexibility index (Phi) is 4.32. The van der Waals surface area contributed by atoms with Crippen molar-refractivity contribution < 1.29 is 9.47 Å². The molecule has 0 radical (unpaired) electrons. The second-order valence-corrected chi connectivity index (χ2v) is 5.66. The van der Waals surface area contributed by atoms with Crippen molar-refractivity contribution in [3.05, 3.63) is 23.8 Å². The molecule has 0 bridgehead atoms. The van der Waals surface area contributed by atoms with Crippen molar-refractivity contribution in [2.45, 2.75) is 19.9 Å². The van der Waals surface area contributed by atoms with Gasteiger partial charge in [0.15, 0.2) is 11.5 Å². The van der Waals surface area contributed by atoms with E-state index in [1.807, 2.05) is 6.07 Å². The van der Waals surface area contributed by atoms with Gasteiger partial charge < -0.3 is 20.1 Å². The lowest BCUT2D eigenvalue weighted by atomic mass is 9.84. The summed E-state index contributed by atoms with van der Waals surface area (Å²) in [5, 5.41) is 0. The first-order chi connectivity index (χ1) is 9.04. The van der Waals surface area contributed by atoms with E-state index in [1.165, 1.54) is 5.56 Å². The van der Waals surface area contributed by atoms with Crippen molar-refractivity contribution in [1.82, 2.24) is 4.90 Å². The highest BCUT2D eigenvalue weighted by atomic mass is 16.7. The van der Waals surface area contributed by atoms with Crippen LogP contribution in [-0.2, 0) is 0 Å². The highest BCUT2D eigenvalue weighted by Gasteiger charge is 2.28. The maximum absolute atomic E-state index is 5.98. The van der Waals surface area contributed by atoms with E-state index < -0.39 is 0 Å². The summed E-state index contributed by atoms with van der Waals surface area (Å²) in [6, 6.07) is 6.48. The van der Waals surface area contributed by atoms with E-state index >= 15 is 0 Å².